The Balaban J connectivity index is 2.38. The van der Waals surface area contributed by atoms with Gasteiger partial charge in [0.1, 0.15) is 0 Å². The SMILES string of the molecule is CNc1ccncc1C(=O)NCCC(=O)NCC(C)C. The minimum atomic E-state index is -0.237. The Labute approximate surface area is 119 Å². The summed E-state index contributed by atoms with van der Waals surface area (Å²) < 4.78 is 0. The number of amides is 2. The Kier molecular flexibility index (Phi) is 6.49. The molecule has 0 atom stereocenters. The summed E-state index contributed by atoms with van der Waals surface area (Å²) >= 11 is 0. The molecule has 20 heavy (non-hydrogen) atoms. The van der Waals surface area contributed by atoms with Crippen molar-refractivity contribution in [3.8, 4) is 0 Å². The maximum absolute atomic E-state index is 11.9. The predicted molar refractivity (Wildman–Crippen MR) is 78.6 cm³/mol. The van der Waals surface area contributed by atoms with E-state index in [9.17, 15) is 9.59 Å². The van der Waals surface area contributed by atoms with E-state index in [0.717, 1.165) is 0 Å². The first kappa shape index (κ1) is 15.9. The average molecular weight is 278 g/mol. The van der Waals surface area contributed by atoms with Crippen molar-refractivity contribution in [1.29, 1.82) is 0 Å². The van der Waals surface area contributed by atoms with Crippen LogP contribution >= 0.6 is 0 Å². The van der Waals surface area contributed by atoms with Crippen LogP contribution in [0, 0.1) is 5.92 Å². The number of carbonyl (C=O) groups is 2. The number of rotatable bonds is 7. The summed E-state index contributed by atoms with van der Waals surface area (Å²) in [6.07, 6.45) is 3.38. The number of nitrogens with one attached hydrogen (secondary N) is 3. The number of aromatic nitrogens is 1. The zero-order chi connectivity index (χ0) is 15.0. The number of pyridine rings is 1. The van der Waals surface area contributed by atoms with Gasteiger partial charge < -0.3 is 16.0 Å². The maximum atomic E-state index is 11.9. The van der Waals surface area contributed by atoms with Crippen molar-refractivity contribution in [2.24, 2.45) is 5.92 Å². The van der Waals surface area contributed by atoms with E-state index in [4.69, 9.17) is 0 Å². The first-order valence-corrected chi connectivity index (χ1v) is 6.71. The van der Waals surface area contributed by atoms with Gasteiger partial charge in [-0.15, -0.1) is 0 Å². The molecule has 0 fully saturated rings. The van der Waals surface area contributed by atoms with Crippen LogP contribution in [0.4, 0.5) is 5.69 Å². The van der Waals surface area contributed by atoms with Crippen LogP contribution in [0.2, 0.25) is 0 Å². The molecule has 0 aliphatic carbocycles. The summed E-state index contributed by atoms with van der Waals surface area (Å²) in [5.41, 5.74) is 1.18. The van der Waals surface area contributed by atoms with Crippen molar-refractivity contribution >= 4 is 17.5 Å². The molecule has 0 aliphatic heterocycles. The van der Waals surface area contributed by atoms with Gasteiger partial charge in [-0.25, -0.2) is 0 Å². The predicted octanol–water partition coefficient (Wildman–Crippen LogP) is 1.02. The van der Waals surface area contributed by atoms with Gasteiger partial charge >= 0.3 is 0 Å². The highest BCUT2D eigenvalue weighted by Crippen LogP contribution is 2.11. The summed E-state index contributed by atoms with van der Waals surface area (Å²) in [6, 6.07) is 1.73. The third-order valence-corrected chi connectivity index (χ3v) is 2.68. The zero-order valence-electron chi connectivity index (χ0n) is 12.2. The van der Waals surface area contributed by atoms with Crippen LogP contribution in [0.15, 0.2) is 18.5 Å². The lowest BCUT2D eigenvalue weighted by molar-refractivity contribution is -0.121. The van der Waals surface area contributed by atoms with Gasteiger partial charge in [0.05, 0.1) is 5.56 Å². The largest absolute Gasteiger partial charge is 0.387 e. The lowest BCUT2D eigenvalue weighted by Gasteiger charge is -2.10. The number of nitrogens with zero attached hydrogens (tertiary/aromatic N) is 1. The summed E-state index contributed by atoms with van der Waals surface area (Å²) in [5, 5.41) is 8.44. The molecular formula is C14H22N4O2. The minimum absolute atomic E-state index is 0.0565. The van der Waals surface area contributed by atoms with Gasteiger partial charge in [-0.3, -0.25) is 14.6 Å². The molecule has 0 unspecified atom stereocenters. The van der Waals surface area contributed by atoms with Crippen molar-refractivity contribution in [2.45, 2.75) is 20.3 Å². The number of carbonyl (C=O) groups excluding carboxylic acids is 2. The molecule has 3 N–H and O–H groups in total. The van der Waals surface area contributed by atoms with Gasteiger partial charge in [-0.05, 0) is 12.0 Å². The average Bonchev–Trinajstić information content (AvgIpc) is 2.44. The smallest absolute Gasteiger partial charge is 0.254 e. The van der Waals surface area contributed by atoms with E-state index >= 15 is 0 Å². The van der Waals surface area contributed by atoms with Crippen molar-refractivity contribution in [2.75, 3.05) is 25.5 Å². The van der Waals surface area contributed by atoms with Crippen LogP contribution in [0.25, 0.3) is 0 Å². The first-order valence-electron chi connectivity index (χ1n) is 6.71. The molecule has 6 nitrogen and oxygen atoms in total. The van der Waals surface area contributed by atoms with Crippen LogP contribution in [0.1, 0.15) is 30.6 Å². The molecule has 0 aromatic carbocycles. The van der Waals surface area contributed by atoms with E-state index in [1.165, 1.54) is 6.20 Å². The van der Waals surface area contributed by atoms with Crippen LogP contribution in [-0.2, 0) is 4.79 Å². The van der Waals surface area contributed by atoms with E-state index in [-0.39, 0.29) is 18.2 Å². The monoisotopic (exact) mass is 278 g/mol. The lowest BCUT2D eigenvalue weighted by Crippen LogP contribution is -2.32. The van der Waals surface area contributed by atoms with Crippen LogP contribution in [0.3, 0.4) is 0 Å². The molecule has 1 aromatic rings. The van der Waals surface area contributed by atoms with Gasteiger partial charge in [0.15, 0.2) is 0 Å². The molecule has 0 bridgehead atoms. The second-order valence-corrected chi connectivity index (χ2v) is 4.88. The summed E-state index contributed by atoms with van der Waals surface area (Å²) in [7, 11) is 1.74. The Hall–Kier alpha value is -2.11. The zero-order valence-corrected chi connectivity index (χ0v) is 12.2. The van der Waals surface area contributed by atoms with Crippen molar-refractivity contribution in [3.05, 3.63) is 24.0 Å². The highest BCUT2D eigenvalue weighted by molar-refractivity contribution is 5.99. The Morgan fingerprint density at radius 3 is 2.70 bits per heavy atom. The molecule has 0 saturated carbocycles. The Bertz CT molecular complexity index is 460. The van der Waals surface area contributed by atoms with E-state index in [1.54, 1.807) is 19.3 Å². The van der Waals surface area contributed by atoms with Gasteiger partial charge in [0.2, 0.25) is 5.91 Å². The third kappa shape index (κ3) is 5.26. The van der Waals surface area contributed by atoms with Crippen molar-refractivity contribution < 1.29 is 9.59 Å². The second kappa shape index (κ2) is 8.14. The highest BCUT2D eigenvalue weighted by atomic mass is 16.2. The fourth-order valence-corrected chi connectivity index (χ4v) is 1.58. The lowest BCUT2D eigenvalue weighted by atomic mass is 10.2. The first-order chi connectivity index (χ1) is 9.54. The second-order valence-electron chi connectivity index (χ2n) is 4.88. The van der Waals surface area contributed by atoms with Gasteiger partial charge in [0.25, 0.3) is 5.91 Å². The third-order valence-electron chi connectivity index (χ3n) is 2.68. The van der Waals surface area contributed by atoms with Crippen LogP contribution < -0.4 is 16.0 Å². The van der Waals surface area contributed by atoms with Gasteiger partial charge in [0, 0.05) is 44.6 Å². The molecule has 6 heteroatoms. The minimum Gasteiger partial charge on any atom is -0.387 e. The Morgan fingerprint density at radius 2 is 2.05 bits per heavy atom. The summed E-state index contributed by atoms with van der Waals surface area (Å²) in [5.74, 6) is 0.125. The summed E-state index contributed by atoms with van der Waals surface area (Å²) in [6.45, 7) is 5.02. The topological polar surface area (TPSA) is 83.1 Å². The van der Waals surface area contributed by atoms with Crippen LogP contribution in [-0.4, -0.2) is 36.9 Å². The number of hydrogen-bond acceptors (Lipinski definition) is 4. The van der Waals surface area contributed by atoms with E-state index < -0.39 is 0 Å². The van der Waals surface area contributed by atoms with E-state index in [1.807, 2.05) is 13.8 Å². The Morgan fingerprint density at radius 1 is 1.30 bits per heavy atom. The fourth-order valence-electron chi connectivity index (χ4n) is 1.58. The molecule has 0 aliphatic rings. The van der Waals surface area contributed by atoms with E-state index in [2.05, 4.69) is 20.9 Å². The molecule has 1 rings (SSSR count). The van der Waals surface area contributed by atoms with Crippen molar-refractivity contribution in [1.82, 2.24) is 15.6 Å². The molecule has 110 valence electrons. The van der Waals surface area contributed by atoms with Gasteiger partial charge in [-0.1, -0.05) is 13.8 Å². The molecular weight excluding hydrogens is 256 g/mol. The van der Waals surface area contributed by atoms with E-state index in [0.29, 0.717) is 30.3 Å². The molecule has 1 aromatic heterocycles. The summed E-state index contributed by atoms with van der Waals surface area (Å²) in [4.78, 5) is 27.4. The van der Waals surface area contributed by atoms with Crippen molar-refractivity contribution in [3.63, 3.8) is 0 Å². The van der Waals surface area contributed by atoms with Gasteiger partial charge in [-0.2, -0.15) is 0 Å². The molecule has 1 heterocycles. The molecule has 0 saturated heterocycles. The van der Waals surface area contributed by atoms with Crippen LogP contribution in [0.5, 0.6) is 0 Å². The normalized spacial score (nSPS) is 10.2. The quantitative estimate of drug-likeness (QED) is 0.695. The number of hydrogen-bond donors (Lipinski definition) is 3. The standard InChI is InChI=1S/C14H22N4O2/c1-10(2)8-18-13(19)5-7-17-14(20)11-9-16-6-4-12(11)15-3/h4,6,9-10H,5,7-8H2,1-3H3,(H,15,16)(H,17,20)(H,18,19). The number of anilines is 1. The molecule has 2 amide bonds. The fraction of sp³-hybridized carbons (Fsp3) is 0.500. The molecule has 0 spiro atoms. The molecule has 0 radical (unpaired) electrons. The maximum Gasteiger partial charge on any atom is 0.254 e. The highest BCUT2D eigenvalue weighted by Gasteiger charge is 2.10.